The number of hydrogen-bond acceptors (Lipinski definition) is 6. The molecule has 144 valence electrons. The predicted octanol–water partition coefficient (Wildman–Crippen LogP) is 4.49. The Bertz CT molecular complexity index is 1150. The number of nitrogens with two attached hydrogens (primary N) is 1. The second kappa shape index (κ2) is 7.72. The Hall–Kier alpha value is -3.12. The summed E-state index contributed by atoms with van der Waals surface area (Å²) in [4.78, 5) is 15.6. The van der Waals surface area contributed by atoms with Crippen molar-refractivity contribution in [1.29, 1.82) is 0 Å². The van der Waals surface area contributed by atoms with E-state index in [9.17, 15) is 0 Å². The molecule has 5 rings (SSSR count). The van der Waals surface area contributed by atoms with E-state index in [-0.39, 0.29) is 0 Å². The van der Waals surface area contributed by atoms with Gasteiger partial charge < -0.3 is 10.6 Å². The van der Waals surface area contributed by atoms with Crippen molar-refractivity contribution in [3.63, 3.8) is 0 Å². The lowest BCUT2D eigenvalue weighted by atomic mass is 10.0. The maximum absolute atomic E-state index is 5.86. The average molecular weight is 400 g/mol. The van der Waals surface area contributed by atoms with Crippen molar-refractivity contribution in [3.8, 4) is 22.4 Å². The first-order valence-electron chi connectivity index (χ1n) is 9.68. The lowest BCUT2D eigenvalue weighted by Crippen LogP contribution is -2.32. The smallest absolute Gasteiger partial charge is 0.123 e. The Labute approximate surface area is 174 Å². The first kappa shape index (κ1) is 17.9. The van der Waals surface area contributed by atoms with E-state index in [1.54, 1.807) is 12.5 Å². The Morgan fingerprint density at radius 2 is 1.55 bits per heavy atom. The van der Waals surface area contributed by atoms with Crippen LogP contribution in [0.2, 0.25) is 0 Å². The number of aromatic nitrogens is 3. The number of benzene rings is 2. The number of fused-ring (bicyclic) bond motifs is 1. The van der Waals surface area contributed by atoms with Gasteiger partial charge in [0, 0.05) is 47.4 Å². The van der Waals surface area contributed by atoms with E-state index in [0.29, 0.717) is 5.82 Å². The van der Waals surface area contributed by atoms with Gasteiger partial charge >= 0.3 is 0 Å². The van der Waals surface area contributed by atoms with Gasteiger partial charge in [-0.2, -0.15) is 11.8 Å². The molecule has 1 aliphatic rings. The van der Waals surface area contributed by atoms with Gasteiger partial charge in [-0.05, 0) is 47.5 Å². The Morgan fingerprint density at radius 3 is 2.34 bits per heavy atom. The van der Waals surface area contributed by atoms with Crippen LogP contribution in [0.5, 0.6) is 0 Å². The van der Waals surface area contributed by atoms with Gasteiger partial charge in [-0.15, -0.1) is 0 Å². The largest absolute Gasteiger partial charge is 0.384 e. The van der Waals surface area contributed by atoms with Crippen LogP contribution in [0.3, 0.4) is 0 Å². The van der Waals surface area contributed by atoms with Gasteiger partial charge in [0.15, 0.2) is 0 Å². The SMILES string of the molecule is Nc1cc(-c2ccc3ncnc(-c4ccc(N5CCSCC5)cc4)c3c2)ccn1. The van der Waals surface area contributed by atoms with E-state index < -0.39 is 0 Å². The monoisotopic (exact) mass is 399 g/mol. The third-order valence-electron chi connectivity index (χ3n) is 5.27. The average Bonchev–Trinajstić information content (AvgIpc) is 2.79. The van der Waals surface area contributed by atoms with Crippen LogP contribution in [0.15, 0.2) is 67.1 Å². The summed E-state index contributed by atoms with van der Waals surface area (Å²) in [5, 5.41) is 1.03. The molecule has 1 saturated heterocycles. The van der Waals surface area contributed by atoms with Crippen LogP contribution in [0.1, 0.15) is 0 Å². The molecule has 0 amide bonds. The van der Waals surface area contributed by atoms with Crippen molar-refractivity contribution in [2.75, 3.05) is 35.2 Å². The highest BCUT2D eigenvalue weighted by Gasteiger charge is 2.13. The van der Waals surface area contributed by atoms with Gasteiger partial charge in [0.1, 0.15) is 12.1 Å². The van der Waals surface area contributed by atoms with Gasteiger partial charge in [0.25, 0.3) is 0 Å². The molecule has 0 radical (unpaired) electrons. The number of nitrogens with zero attached hydrogens (tertiary/aromatic N) is 4. The second-order valence-electron chi connectivity index (χ2n) is 7.07. The van der Waals surface area contributed by atoms with Crippen molar-refractivity contribution in [3.05, 3.63) is 67.1 Å². The molecule has 6 heteroatoms. The lowest BCUT2D eigenvalue weighted by molar-refractivity contribution is 0.859. The fourth-order valence-corrected chi connectivity index (χ4v) is 4.65. The van der Waals surface area contributed by atoms with E-state index in [1.807, 2.05) is 30.0 Å². The predicted molar refractivity (Wildman–Crippen MR) is 122 cm³/mol. The molecule has 29 heavy (non-hydrogen) atoms. The van der Waals surface area contributed by atoms with Crippen molar-refractivity contribution in [2.45, 2.75) is 0 Å². The maximum Gasteiger partial charge on any atom is 0.123 e. The molecule has 0 saturated carbocycles. The van der Waals surface area contributed by atoms with Crippen LogP contribution in [0.4, 0.5) is 11.5 Å². The van der Waals surface area contributed by atoms with Gasteiger partial charge in [-0.1, -0.05) is 18.2 Å². The quantitative estimate of drug-likeness (QED) is 0.547. The molecule has 2 aromatic carbocycles. The number of rotatable bonds is 3. The first-order chi connectivity index (χ1) is 14.3. The Morgan fingerprint density at radius 1 is 0.793 bits per heavy atom. The fraction of sp³-hybridized carbons (Fsp3) is 0.174. The summed E-state index contributed by atoms with van der Waals surface area (Å²) in [6.45, 7) is 2.22. The van der Waals surface area contributed by atoms with Gasteiger partial charge in [0.05, 0.1) is 11.2 Å². The number of pyridine rings is 1. The van der Waals surface area contributed by atoms with E-state index in [4.69, 9.17) is 5.73 Å². The summed E-state index contributed by atoms with van der Waals surface area (Å²) < 4.78 is 0. The van der Waals surface area contributed by atoms with Crippen LogP contribution in [0.25, 0.3) is 33.3 Å². The fourth-order valence-electron chi connectivity index (χ4n) is 3.75. The zero-order valence-electron chi connectivity index (χ0n) is 16.0. The van der Waals surface area contributed by atoms with Crippen LogP contribution < -0.4 is 10.6 Å². The zero-order valence-corrected chi connectivity index (χ0v) is 16.8. The van der Waals surface area contributed by atoms with Gasteiger partial charge in [0.2, 0.25) is 0 Å². The molecule has 5 nitrogen and oxygen atoms in total. The van der Waals surface area contributed by atoms with E-state index in [1.165, 1.54) is 17.2 Å². The third-order valence-corrected chi connectivity index (χ3v) is 6.21. The first-order valence-corrected chi connectivity index (χ1v) is 10.8. The van der Waals surface area contributed by atoms with Crippen molar-refractivity contribution >= 4 is 34.2 Å². The number of anilines is 2. The second-order valence-corrected chi connectivity index (χ2v) is 8.29. The minimum Gasteiger partial charge on any atom is -0.384 e. The normalized spacial score (nSPS) is 14.3. The summed E-state index contributed by atoms with van der Waals surface area (Å²) >= 11 is 2.02. The highest BCUT2D eigenvalue weighted by atomic mass is 32.2. The summed E-state index contributed by atoms with van der Waals surface area (Å²) in [5.41, 5.74) is 12.2. The lowest BCUT2D eigenvalue weighted by Gasteiger charge is -2.28. The molecule has 2 aromatic heterocycles. The summed E-state index contributed by atoms with van der Waals surface area (Å²) in [6, 6.07) is 18.8. The van der Waals surface area contributed by atoms with Crippen molar-refractivity contribution < 1.29 is 0 Å². The van der Waals surface area contributed by atoms with Gasteiger partial charge in [-0.3, -0.25) is 0 Å². The molecule has 1 aliphatic heterocycles. The van der Waals surface area contributed by atoms with Gasteiger partial charge in [-0.25, -0.2) is 15.0 Å². The van der Waals surface area contributed by atoms with Crippen LogP contribution in [-0.4, -0.2) is 39.5 Å². The molecular formula is C23H21N5S. The summed E-state index contributed by atoms with van der Waals surface area (Å²) in [6.07, 6.45) is 3.37. The van der Waals surface area contributed by atoms with E-state index in [2.05, 4.69) is 56.3 Å². The molecule has 4 aromatic rings. The third kappa shape index (κ3) is 3.63. The molecule has 0 aliphatic carbocycles. The molecule has 1 fully saturated rings. The van der Waals surface area contributed by atoms with Crippen LogP contribution in [-0.2, 0) is 0 Å². The minimum absolute atomic E-state index is 0.513. The van der Waals surface area contributed by atoms with Crippen molar-refractivity contribution in [1.82, 2.24) is 15.0 Å². The van der Waals surface area contributed by atoms with Crippen molar-refractivity contribution in [2.24, 2.45) is 0 Å². The maximum atomic E-state index is 5.86. The standard InChI is InChI=1S/C23H21N5S/c24-22-14-18(7-8-25-22)17-3-6-21-20(13-17)23(27-15-26-21)16-1-4-19(5-2-16)28-9-11-29-12-10-28/h1-8,13-15H,9-12H2,(H2,24,25). The Balaban J connectivity index is 1.55. The summed E-state index contributed by atoms with van der Waals surface area (Å²) in [7, 11) is 0. The number of thioether (sulfide) groups is 1. The molecule has 0 unspecified atom stereocenters. The molecule has 0 bridgehead atoms. The molecular weight excluding hydrogens is 378 g/mol. The van der Waals surface area contributed by atoms with Crippen LogP contribution in [0, 0.1) is 0 Å². The number of nitrogen functional groups attached to an aromatic ring is 1. The Kier molecular flexibility index (Phi) is 4.77. The highest BCUT2D eigenvalue weighted by molar-refractivity contribution is 7.99. The number of hydrogen-bond donors (Lipinski definition) is 1. The molecule has 2 N–H and O–H groups in total. The molecule has 0 spiro atoms. The van der Waals surface area contributed by atoms with Crippen LogP contribution >= 0.6 is 11.8 Å². The van der Waals surface area contributed by atoms with E-state index in [0.717, 1.165) is 46.4 Å². The molecule has 0 atom stereocenters. The minimum atomic E-state index is 0.513. The topological polar surface area (TPSA) is 67.9 Å². The zero-order chi connectivity index (χ0) is 19.6. The summed E-state index contributed by atoms with van der Waals surface area (Å²) in [5.74, 6) is 2.90. The van der Waals surface area contributed by atoms with E-state index >= 15 is 0 Å². The highest BCUT2D eigenvalue weighted by Crippen LogP contribution is 2.31. The molecule has 3 heterocycles.